The third-order valence-electron chi connectivity index (χ3n) is 3.70. The first-order chi connectivity index (χ1) is 11.1. The van der Waals surface area contributed by atoms with E-state index in [1.54, 1.807) is 26.4 Å². The van der Waals surface area contributed by atoms with Gasteiger partial charge in [0.1, 0.15) is 0 Å². The summed E-state index contributed by atoms with van der Waals surface area (Å²) in [5, 5.41) is 3.02. The van der Waals surface area contributed by atoms with Gasteiger partial charge < -0.3 is 25.4 Å². The minimum absolute atomic E-state index is 0.241. The van der Waals surface area contributed by atoms with Crippen LogP contribution in [0, 0.1) is 0 Å². The molecule has 0 radical (unpaired) electrons. The summed E-state index contributed by atoms with van der Waals surface area (Å²) in [4.78, 5) is 17.6. The first-order valence-corrected chi connectivity index (χ1v) is 7.71. The minimum atomic E-state index is 0.241. The largest absolute Gasteiger partial charge is 0.493 e. The molecule has 0 atom stereocenters. The fraction of sp³-hybridized carbons (Fsp3) is 0.500. The van der Waals surface area contributed by atoms with Crippen molar-refractivity contribution < 1.29 is 14.3 Å². The fourth-order valence-corrected chi connectivity index (χ4v) is 2.50. The second-order valence-electron chi connectivity index (χ2n) is 5.30. The standard InChI is InChI=1S/C16H24N4O3/c1-22-13-7-6-12(11-14(13)23-2)19-16(17)18-8-4-10-20-9-3-5-15(20)21/h6-7,11H,3-5,8-10H2,1-2H3,(H3,17,18,19). The number of benzene rings is 1. The van der Waals surface area contributed by atoms with Gasteiger partial charge in [0.05, 0.1) is 14.2 Å². The first-order valence-electron chi connectivity index (χ1n) is 7.71. The zero-order chi connectivity index (χ0) is 16.7. The summed E-state index contributed by atoms with van der Waals surface area (Å²) >= 11 is 0. The predicted molar refractivity (Wildman–Crippen MR) is 90.1 cm³/mol. The van der Waals surface area contributed by atoms with E-state index in [4.69, 9.17) is 15.2 Å². The van der Waals surface area contributed by atoms with Crippen LogP contribution in [0.2, 0.25) is 0 Å². The number of hydrogen-bond donors (Lipinski definition) is 2. The normalized spacial score (nSPS) is 15.0. The molecule has 1 saturated heterocycles. The minimum Gasteiger partial charge on any atom is -0.493 e. The fourth-order valence-electron chi connectivity index (χ4n) is 2.50. The van der Waals surface area contributed by atoms with Crippen molar-refractivity contribution in [2.45, 2.75) is 19.3 Å². The number of nitrogens with zero attached hydrogens (tertiary/aromatic N) is 2. The Morgan fingerprint density at radius 1 is 1.35 bits per heavy atom. The highest BCUT2D eigenvalue weighted by Gasteiger charge is 2.18. The molecule has 1 aromatic carbocycles. The van der Waals surface area contributed by atoms with Crippen LogP contribution in [-0.4, -0.2) is 50.6 Å². The zero-order valence-corrected chi connectivity index (χ0v) is 13.7. The molecule has 2 rings (SSSR count). The number of anilines is 1. The van der Waals surface area contributed by atoms with Gasteiger partial charge in [-0.25, -0.2) is 0 Å². The maximum atomic E-state index is 11.5. The Kier molecular flexibility index (Phi) is 6.08. The van der Waals surface area contributed by atoms with Gasteiger partial charge in [0.15, 0.2) is 17.5 Å². The molecule has 1 amide bonds. The molecule has 1 aliphatic heterocycles. The number of likely N-dealkylation sites (tertiary alicyclic amines) is 1. The van der Waals surface area contributed by atoms with E-state index in [1.165, 1.54) is 0 Å². The van der Waals surface area contributed by atoms with E-state index >= 15 is 0 Å². The lowest BCUT2D eigenvalue weighted by Gasteiger charge is -2.14. The van der Waals surface area contributed by atoms with Crippen molar-refractivity contribution in [3.8, 4) is 11.5 Å². The van der Waals surface area contributed by atoms with E-state index in [1.807, 2.05) is 11.0 Å². The van der Waals surface area contributed by atoms with Gasteiger partial charge in [-0.3, -0.25) is 9.79 Å². The van der Waals surface area contributed by atoms with Crippen LogP contribution in [0.25, 0.3) is 0 Å². The Balaban J connectivity index is 1.81. The Morgan fingerprint density at radius 3 is 2.78 bits per heavy atom. The summed E-state index contributed by atoms with van der Waals surface area (Å²) in [6.45, 7) is 2.18. The molecule has 0 aromatic heterocycles. The summed E-state index contributed by atoms with van der Waals surface area (Å²) in [6.07, 6.45) is 2.44. The predicted octanol–water partition coefficient (Wildman–Crippen LogP) is 1.44. The van der Waals surface area contributed by atoms with Crippen molar-refractivity contribution in [2.24, 2.45) is 10.7 Å². The summed E-state index contributed by atoms with van der Waals surface area (Å²) in [6, 6.07) is 5.43. The van der Waals surface area contributed by atoms with Crippen molar-refractivity contribution in [1.29, 1.82) is 0 Å². The number of carbonyl (C=O) groups excluding carboxylic acids is 1. The Hall–Kier alpha value is -2.44. The van der Waals surface area contributed by atoms with E-state index in [-0.39, 0.29) is 5.91 Å². The van der Waals surface area contributed by atoms with Crippen LogP contribution in [0.4, 0.5) is 5.69 Å². The van der Waals surface area contributed by atoms with E-state index in [0.717, 1.165) is 31.6 Å². The molecule has 126 valence electrons. The highest BCUT2D eigenvalue weighted by atomic mass is 16.5. The Labute approximate surface area is 136 Å². The number of amides is 1. The van der Waals surface area contributed by atoms with E-state index in [9.17, 15) is 4.79 Å². The number of methoxy groups -OCH3 is 2. The lowest BCUT2D eigenvalue weighted by atomic mass is 10.3. The molecule has 0 saturated carbocycles. The molecule has 7 nitrogen and oxygen atoms in total. The summed E-state index contributed by atoms with van der Waals surface area (Å²) in [5.41, 5.74) is 6.65. The third-order valence-corrected chi connectivity index (χ3v) is 3.70. The number of ether oxygens (including phenoxy) is 2. The molecule has 0 aliphatic carbocycles. The molecule has 3 N–H and O–H groups in total. The molecular formula is C16H24N4O3. The molecule has 23 heavy (non-hydrogen) atoms. The molecule has 0 spiro atoms. The lowest BCUT2D eigenvalue weighted by Crippen LogP contribution is -2.27. The molecular weight excluding hydrogens is 296 g/mol. The van der Waals surface area contributed by atoms with Crippen LogP contribution >= 0.6 is 0 Å². The van der Waals surface area contributed by atoms with E-state index < -0.39 is 0 Å². The number of rotatable bonds is 7. The lowest BCUT2D eigenvalue weighted by molar-refractivity contribution is -0.127. The maximum Gasteiger partial charge on any atom is 0.222 e. The van der Waals surface area contributed by atoms with Gasteiger partial charge in [-0.05, 0) is 25.0 Å². The highest BCUT2D eigenvalue weighted by Crippen LogP contribution is 2.29. The van der Waals surface area contributed by atoms with Gasteiger partial charge in [0.2, 0.25) is 5.91 Å². The topological polar surface area (TPSA) is 89.2 Å². The summed E-state index contributed by atoms with van der Waals surface area (Å²) in [5.74, 6) is 1.86. The van der Waals surface area contributed by atoms with Gasteiger partial charge in [0, 0.05) is 37.8 Å². The molecule has 1 aromatic rings. The van der Waals surface area contributed by atoms with Crippen molar-refractivity contribution in [3.05, 3.63) is 18.2 Å². The van der Waals surface area contributed by atoms with Gasteiger partial charge >= 0.3 is 0 Å². The van der Waals surface area contributed by atoms with Crippen LogP contribution in [0.5, 0.6) is 11.5 Å². The Bertz CT molecular complexity index is 574. The van der Waals surface area contributed by atoms with E-state index in [2.05, 4.69) is 10.3 Å². The van der Waals surface area contributed by atoms with Crippen LogP contribution < -0.4 is 20.5 Å². The molecule has 0 unspecified atom stereocenters. The number of carbonyl (C=O) groups is 1. The number of guanidine groups is 1. The zero-order valence-electron chi connectivity index (χ0n) is 13.7. The van der Waals surface area contributed by atoms with Crippen LogP contribution in [0.15, 0.2) is 23.2 Å². The molecule has 0 bridgehead atoms. The number of aliphatic imine (C=N–C) groups is 1. The van der Waals surface area contributed by atoms with Crippen LogP contribution in [0.1, 0.15) is 19.3 Å². The van der Waals surface area contributed by atoms with Crippen molar-refractivity contribution in [1.82, 2.24) is 4.90 Å². The first kappa shape index (κ1) is 16.9. The van der Waals surface area contributed by atoms with Crippen LogP contribution in [0.3, 0.4) is 0 Å². The number of nitrogens with two attached hydrogens (primary N) is 1. The molecule has 7 heteroatoms. The van der Waals surface area contributed by atoms with Crippen LogP contribution in [-0.2, 0) is 4.79 Å². The number of hydrogen-bond acceptors (Lipinski definition) is 4. The SMILES string of the molecule is COc1ccc(NC(N)=NCCCN2CCCC2=O)cc1OC. The number of nitrogens with one attached hydrogen (secondary N) is 1. The Morgan fingerprint density at radius 2 is 2.13 bits per heavy atom. The smallest absolute Gasteiger partial charge is 0.222 e. The summed E-state index contributed by atoms with van der Waals surface area (Å²) in [7, 11) is 3.17. The monoisotopic (exact) mass is 320 g/mol. The van der Waals surface area contributed by atoms with E-state index in [0.29, 0.717) is 30.4 Å². The van der Waals surface area contributed by atoms with Crippen molar-refractivity contribution in [3.63, 3.8) is 0 Å². The van der Waals surface area contributed by atoms with Crippen molar-refractivity contribution >= 4 is 17.6 Å². The quantitative estimate of drug-likeness (QED) is 0.451. The van der Waals surface area contributed by atoms with Gasteiger partial charge in [-0.1, -0.05) is 0 Å². The molecule has 1 heterocycles. The maximum absolute atomic E-state index is 11.5. The van der Waals surface area contributed by atoms with Crippen molar-refractivity contribution in [2.75, 3.05) is 39.2 Å². The third kappa shape index (κ3) is 4.77. The second-order valence-corrected chi connectivity index (χ2v) is 5.30. The molecule has 1 aliphatic rings. The average molecular weight is 320 g/mol. The van der Waals surface area contributed by atoms with Gasteiger partial charge in [-0.15, -0.1) is 0 Å². The molecule has 1 fully saturated rings. The van der Waals surface area contributed by atoms with Gasteiger partial charge in [0.25, 0.3) is 0 Å². The average Bonchev–Trinajstić information content (AvgIpc) is 2.96. The second kappa shape index (κ2) is 8.26. The highest BCUT2D eigenvalue weighted by molar-refractivity contribution is 5.92. The van der Waals surface area contributed by atoms with Gasteiger partial charge in [-0.2, -0.15) is 0 Å². The summed E-state index contributed by atoms with van der Waals surface area (Å²) < 4.78 is 10.4.